The summed E-state index contributed by atoms with van der Waals surface area (Å²) < 4.78 is 82.8. The van der Waals surface area contributed by atoms with Crippen molar-refractivity contribution in [2.75, 3.05) is 25.7 Å². The molecule has 0 aliphatic carbocycles. The van der Waals surface area contributed by atoms with Crippen LogP contribution in [0.1, 0.15) is 49.3 Å². The summed E-state index contributed by atoms with van der Waals surface area (Å²) in [7, 11) is -1.25. The van der Waals surface area contributed by atoms with Crippen molar-refractivity contribution in [2.45, 2.75) is 45.4 Å². The van der Waals surface area contributed by atoms with Crippen molar-refractivity contribution < 1.29 is 35.9 Å². The van der Waals surface area contributed by atoms with E-state index in [4.69, 9.17) is 32.7 Å². The zero-order chi connectivity index (χ0) is 41.3. The van der Waals surface area contributed by atoms with Gasteiger partial charge in [0.25, 0.3) is 5.56 Å². The molecule has 56 heavy (non-hydrogen) atoms. The molecule has 0 radical (unpaired) electrons. The van der Waals surface area contributed by atoms with Gasteiger partial charge >= 0.3 is 6.09 Å². The lowest BCUT2D eigenvalue weighted by molar-refractivity contribution is 0.0500. The van der Waals surface area contributed by atoms with Crippen LogP contribution in [0, 0.1) is 22.9 Å². The molecule has 0 aliphatic heterocycles. The Morgan fingerprint density at radius 2 is 1.64 bits per heavy atom. The highest BCUT2D eigenvalue weighted by Gasteiger charge is 2.31. The Bertz CT molecular complexity index is 2490. The lowest BCUT2D eigenvalue weighted by Gasteiger charge is -2.28. The van der Waals surface area contributed by atoms with Gasteiger partial charge in [0.2, 0.25) is 10.0 Å². The van der Waals surface area contributed by atoms with E-state index < -0.39 is 61.6 Å². The van der Waals surface area contributed by atoms with Crippen molar-refractivity contribution in [3.05, 3.63) is 127 Å². The number of benzene rings is 4. The Labute approximate surface area is 330 Å². The summed E-state index contributed by atoms with van der Waals surface area (Å²) in [5.74, 6) is -3.07. The van der Waals surface area contributed by atoms with Gasteiger partial charge in [-0.05, 0) is 80.4 Å². The van der Waals surface area contributed by atoms with Crippen LogP contribution in [-0.4, -0.2) is 60.2 Å². The number of nitrogens with one attached hydrogen (secondary N) is 3. The first-order chi connectivity index (χ1) is 26.2. The van der Waals surface area contributed by atoms with Gasteiger partial charge in [-0.25, -0.2) is 35.7 Å². The van der Waals surface area contributed by atoms with E-state index >= 15 is 0 Å². The third-order valence-corrected chi connectivity index (χ3v) is 10.1. The second-order valence-electron chi connectivity index (χ2n) is 13.6. The molecule has 0 spiro atoms. The number of methoxy groups -OCH3 is 1. The van der Waals surface area contributed by atoms with E-state index in [1.54, 1.807) is 45.0 Å². The third-order valence-electron chi connectivity index (χ3n) is 8.31. The SMILES string of the molecule is CNc1c(-n2c([C@H](Cc3cc(F)cc(F)c3)NC(=O)OC(C)(C)C)nc3ccc(F)c(Cl)c3c2=O)ccc(Cl)c1C(=N)N(Cc1ccc(OC)cc1)S(C)(=O)=O. The van der Waals surface area contributed by atoms with Crippen LogP contribution in [0.3, 0.4) is 0 Å². The van der Waals surface area contributed by atoms with Gasteiger partial charge in [0.1, 0.15) is 40.5 Å². The third kappa shape index (κ3) is 9.20. The summed E-state index contributed by atoms with van der Waals surface area (Å²) in [4.78, 5) is 32.7. The van der Waals surface area contributed by atoms with Crippen molar-refractivity contribution in [3.8, 4) is 11.4 Å². The molecule has 0 saturated heterocycles. The van der Waals surface area contributed by atoms with Crippen LogP contribution in [0.2, 0.25) is 10.0 Å². The zero-order valence-corrected chi connectivity index (χ0v) is 33.3. The lowest BCUT2D eigenvalue weighted by atomic mass is 10.0. The Morgan fingerprint density at radius 3 is 2.21 bits per heavy atom. The zero-order valence-electron chi connectivity index (χ0n) is 30.9. The summed E-state index contributed by atoms with van der Waals surface area (Å²) >= 11 is 13.1. The van der Waals surface area contributed by atoms with Gasteiger partial charge in [0.15, 0.2) is 0 Å². The maximum Gasteiger partial charge on any atom is 0.408 e. The molecule has 18 heteroatoms. The summed E-state index contributed by atoms with van der Waals surface area (Å²) in [5, 5.41) is 13.8. The first-order valence-electron chi connectivity index (χ1n) is 16.8. The summed E-state index contributed by atoms with van der Waals surface area (Å²) in [6, 6.07) is 12.7. The van der Waals surface area contributed by atoms with E-state index in [1.165, 1.54) is 32.4 Å². The number of nitrogens with zero attached hydrogens (tertiary/aromatic N) is 3. The minimum Gasteiger partial charge on any atom is -0.497 e. The number of halogens is 5. The van der Waals surface area contributed by atoms with Gasteiger partial charge in [-0.1, -0.05) is 35.3 Å². The Morgan fingerprint density at radius 1 is 1.00 bits per heavy atom. The summed E-state index contributed by atoms with van der Waals surface area (Å²) in [6.45, 7) is 4.54. The molecule has 0 aliphatic rings. The quantitative estimate of drug-likeness (QED) is 0.0902. The minimum absolute atomic E-state index is 0.0522. The van der Waals surface area contributed by atoms with Gasteiger partial charge in [0, 0.05) is 19.5 Å². The molecule has 4 aromatic carbocycles. The molecule has 3 N–H and O–H groups in total. The van der Waals surface area contributed by atoms with Gasteiger partial charge in [0.05, 0.1) is 63.8 Å². The van der Waals surface area contributed by atoms with Crippen LogP contribution < -0.4 is 20.9 Å². The first kappa shape index (κ1) is 41.8. The number of amidine groups is 1. The number of sulfonamides is 1. The molecule has 0 saturated carbocycles. The first-order valence-corrected chi connectivity index (χ1v) is 19.4. The molecule has 0 bridgehead atoms. The van der Waals surface area contributed by atoms with Crippen molar-refractivity contribution >= 4 is 61.7 Å². The smallest absolute Gasteiger partial charge is 0.408 e. The monoisotopic (exact) mass is 832 g/mol. The fraction of sp³-hybridized carbons (Fsp3) is 0.263. The van der Waals surface area contributed by atoms with Crippen LogP contribution >= 0.6 is 23.2 Å². The van der Waals surface area contributed by atoms with E-state index in [-0.39, 0.29) is 57.2 Å². The molecule has 5 aromatic rings. The van der Waals surface area contributed by atoms with E-state index in [1.807, 2.05) is 0 Å². The highest BCUT2D eigenvalue weighted by atomic mass is 35.5. The maximum absolute atomic E-state index is 14.9. The van der Waals surface area contributed by atoms with Crippen LogP contribution in [0.4, 0.5) is 23.7 Å². The molecular weight excluding hydrogens is 796 g/mol. The molecule has 0 fully saturated rings. The number of hydrogen-bond acceptors (Lipinski definition) is 9. The number of fused-ring (bicyclic) bond motifs is 1. The maximum atomic E-state index is 14.9. The highest BCUT2D eigenvalue weighted by Crippen LogP contribution is 2.35. The molecule has 12 nitrogen and oxygen atoms in total. The topological polar surface area (TPSA) is 156 Å². The minimum atomic E-state index is -4.16. The van der Waals surface area contributed by atoms with E-state index in [0.29, 0.717) is 17.4 Å². The number of aromatic nitrogens is 2. The number of ether oxygens (including phenoxy) is 2. The van der Waals surface area contributed by atoms with Crippen LogP contribution in [-0.2, 0) is 27.7 Å². The number of rotatable bonds is 11. The van der Waals surface area contributed by atoms with Crippen molar-refractivity contribution in [2.24, 2.45) is 0 Å². The Kier molecular flexibility index (Phi) is 12.3. The van der Waals surface area contributed by atoms with Gasteiger partial charge in [-0.2, -0.15) is 0 Å². The second-order valence-corrected chi connectivity index (χ2v) is 16.3. The van der Waals surface area contributed by atoms with Crippen LogP contribution in [0.25, 0.3) is 16.6 Å². The molecule has 1 aromatic heterocycles. The molecule has 1 atom stereocenters. The van der Waals surface area contributed by atoms with Gasteiger partial charge < -0.3 is 20.1 Å². The fourth-order valence-corrected chi connectivity index (χ4v) is 7.23. The second kappa shape index (κ2) is 16.4. The predicted octanol–water partition coefficient (Wildman–Crippen LogP) is 7.76. The van der Waals surface area contributed by atoms with Gasteiger partial charge in [-0.15, -0.1) is 0 Å². The molecular formula is C38H37Cl2F3N6O6S. The number of hydrogen-bond donors (Lipinski definition) is 3. The van der Waals surface area contributed by atoms with Crippen LogP contribution in [0.15, 0.2) is 71.5 Å². The number of carbonyl (C=O) groups is 1. The molecule has 0 unspecified atom stereocenters. The number of amides is 1. The number of anilines is 1. The Balaban J connectivity index is 1.81. The predicted molar refractivity (Wildman–Crippen MR) is 209 cm³/mol. The number of carbonyl (C=O) groups excluding carboxylic acids is 1. The molecule has 1 amide bonds. The molecule has 296 valence electrons. The molecule has 5 rings (SSSR count). The van der Waals surface area contributed by atoms with Crippen molar-refractivity contribution in [1.82, 2.24) is 19.2 Å². The summed E-state index contributed by atoms with van der Waals surface area (Å²) in [6.07, 6.45) is -0.418. The summed E-state index contributed by atoms with van der Waals surface area (Å²) in [5.41, 5.74) is -1.81. The Hall–Kier alpha value is -5.32. The average molecular weight is 834 g/mol. The fourth-order valence-electron chi connectivity index (χ4n) is 5.93. The van der Waals surface area contributed by atoms with Gasteiger partial charge in [-0.3, -0.25) is 14.8 Å². The van der Waals surface area contributed by atoms with E-state index in [9.17, 15) is 36.6 Å². The van der Waals surface area contributed by atoms with E-state index in [2.05, 4.69) is 15.6 Å². The van der Waals surface area contributed by atoms with Crippen LogP contribution in [0.5, 0.6) is 5.75 Å². The molecule has 1 heterocycles. The largest absolute Gasteiger partial charge is 0.497 e. The van der Waals surface area contributed by atoms with E-state index in [0.717, 1.165) is 33.3 Å². The van der Waals surface area contributed by atoms with Crippen molar-refractivity contribution in [3.63, 3.8) is 0 Å². The lowest BCUT2D eigenvalue weighted by Crippen LogP contribution is -2.39. The normalized spacial score (nSPS) is 12.3. The number of alkyl carbamates (subject to hydrolysis) is 1. The standard InChI is InChI=1S/C38H37Cl2F3N6O6S/c1-38(2,3)55-37(51)47-28(17-21-15-22(41)18-23(42)16-21)35-46-27-13-12-26(43)32(40)31(27)36(50)49(35)29-14-11-25(39)30(33(29)45-4)34(44)48(56(6,52)53)19-20-7-9-24(54-5)10-8-20/h7-16,18,28,44-45H,17,19H2,1-6H3,(H,47,51)/t28-/m0/s1. The van der Waals surface area contributed by atoms with Crippen molar-refractivity contribution in [1.29, 1.82) is 5.41 Å². The average Bonchev–Trinajstić information content (AvgIpc) is 3.10. The highest BCUT2D eigenvalue weighted by molar-refractivity contribution is 7.88.